The molecule has 0 aliphatic rings. The van der Waals surface area contributed by atoms with Gasteiger partial charge in [0.15, 0.2) is 0 Å². The highest BCUT2D eigenvalue weighted by Crippen LogP contribution is 1.92. The molecule has 0 unspecified atom stereocenters. The molecule has 68 valence electrons. The topological polar surface area (TPSA) is 0 Å². The average Bonchev–Trinajstić information content (AvgIpc) is 1.87. The lowest BCUT2D eigenvalue weighted by Crippen LogP contribution is -1.62. The largest absolute Gasteiger partial charge is 0.100 e. The highest BCUT2D eigenvalue weighted by molar-refractivity contribution is 5.11. The minimum atomic E-state index is 0. The molecule has 0 amide bonds. The van der Waals surface area contributed by atoms with Gasteiger partial charge in [0.05, 0.1) is 0 Å². The van der Waals surface area contributed by atoms with Gasteiger partial charge >= 0.3 is 0 Å². The third kappa shape index (κ3) is 11.7. The Balaban J connectivity index is 0. The molecule has 0 saturated carbocycles. The highest BCUT2D eigenvalue weighted by atomic mass is 13.8. The molecule has 0 aromatic heterocycles. The van der Waals surface area contributed by atoms with Crippen molar-refractivity contribution in [3.8, 4) is 0 Å². The van der Waals surface area contributed by atoms with E-state index >= 15 is 0 Å². The first kappa shape index (κ1) is 13.5. The van der Waals surface area contributed by atoms with Crippen molar-refractivity contribution in [3.63, 3.8) is 0 Å². The third-order valence-electron chi connectivity index (χ3n) is 0.940. The van der Waals surface area contributed by atoms with Crippen molar-refractivity contribution in [3.05, 3.63) is 48.0 Å². The van der Waals surface area contributed by atoms with E-state index in [-0.39, 0.29) is 7.43 Å². The van der Waals surface area contributed by atoms with E-state index in [2.05, 4.69) is 25.6 Å². The zero-order chi connectivity index (χ0) is 8.69. The van der Waals surface area contributed by atoms with E-state index in [4.69, 9.17) is 0 Å². The van der Waals surface area contributed by atoms with E-state index in [1.807, 2.05) is 32.0 Å². The van der Waals surface area contributed by atoms with Gasteiger partial charge in [-0.15, -0.1) is 6.58 Å². The number of allylic oxidation sites excluding steroid dienone is 1. The fourth-order valence-corrected chi connectivity index (χ4v) is 0.534. The lowest BCUT2D eigenvalue weighted by molar-refractivity contribution is 1.42. The van der Waals surface area contributed by atoms with Crippen molar-refractivity contribution in [1.29, 1.82) is 0 Å². The number of benzene rings is 1. The second-order valence-electron chi connectivity index (χ2n) is 2.86. The molecule has 0 atom stereocenters. The minimum Gasteiger partial charge on any atom is -0.100 e. The Morgan fingerprint density at radius 2 is 1.42 bits per heavy atom. The van der Waals surface area contributed by atoms with Crippen molar-refractivity contribution >= 4 is 0 Å². The second kappa shape index (κ2) is 8.06. The molecule has 0 saturated heterocycles. The summed E-state index contributed by atoms with van der Waals surface area (Å²) in [4.78, 5) is 0. The maximum Gasteiger partial charge on any atom is -0.0398 e. The highest BCUT2D eigenvalue weighted by Gasteiger charge is 1.72. The molecule has 0 spiro atoms. The summed E-state index contributed by atoms with van der Waals surface area (Å²) in [5.74, 6) is 0. The van der Waals surface area contributed by atoms with E-state index < -0.39 is 0 Å². The normalized spacial score (nSPS) is 7.25. The predicted molar refractivity (Wildman–Crippen MR) is 58.4 cm³/mol. The fourth-order valence-electron chi connectivity index (χ4n) is 0.534. The Bertz CT molecular complexity index is 193. The average molecular weight is 164 g/mol. The van der Waals surface area contributed by atoms with Gasteiger partial charge in [0.25, 0.3) is 0 Å². The van der Waals surface area contributed by atoms with Gasteiger partial charge in [-0.05, 0) is 20.8 Å². The molecule has 0 N–H and O–H groups in total. The van der Waals surface area contributed by atoms with E-state index in [1.54, 1.807) is 0 Å². The van der Waals surface area contributed by atoms with E-state index in [1.165, 1.54) is 11.1 Å². The first-order valence-corrected chi connectivity index (χ1v) is 3.76. The van der Waals surface area contributed by atoms with E-state index in [0.717, 1.165) is 0 Å². The van der Waals surface area contributed by atoms with Crippen LogP contribution in [0.2, 0.25) is 0 Å². The van der Waals surface area contributed by atoms with Crippen LogP contribution < -0.4 is 0 Å². The summed E-state index contributed by atoms with van der Waals surface area (Å²) in [5, 5.41) is 0. The third-order valence-corrected chi connectivity index (χ3v) is 0.940. The number of hydrogen-bond donors (Lipinski definition) is 0. The first-order valence-electron chi connectivity index (χ1n) is 3.76. The summed E-state index contributed by atoms with van der Waals surface area (Å²) in [6, 6.07) is 10.3. The van der Waals surface area contributed by atoms with Gasteiger partial charge in [0.2, 0.25) is 0 Å². The molecule has 0 radical (unpaired) electrons. The molecular weight excluding hydrogens is 144 g/mol. The van der Waals surface area contributed by atoms with Crippen molar-refractivity contribution < 1.29 is 0 Å². The van der Waals surface area contributed by atoms with Crippen molar-refractivity contribution in [2.75, 3.05) is 0 Å². The lowest BCUT2D eigenvalue weighted by Gasteiger charge is -1.82. The number of hydrogen-bond acceptors (Lipinski definition) is 0. The molecule has 0 fully saturated rings. The van der Waals surface area contributed by atoms with Gasteiger partial charge < -0.3 is 0 Å². The molecule has 0 bridgehead atoms. The van der Waals surface area contributed by atoms with Crippen LogP contribution >= 0.6 is 0 Å². The van der Waals surface area contributed by atoms with Gasteiger partial charge in [-0.2, -0.15) is 0 Å². The van der Waals surface area contributed by atoms with Crippen LogP contribution in [0.5, 0.6) is 0 Å². The SMILES string of the molecule is C.C=C(C)C.Cc1ccccc1. The molecule has 0 aliphatic heterocycles. The van der Waals surface area contributed by atoms with Crippen LogP contribution in [0.3, 0.4) is 0 Å². The standard InChI is InChI=1S/C7H8.C4H8.CH4/c1-7-5-3-2-4-6-7;1-4(2)3;/h2-6H,1H3;1H2,2-3H3;1H4. The molecule has 0 aliphatic carbocycles. The smallest absolute Gasteiger partial charge is 0.0398 e. The molecule has 0 nitrogen and oxygen atoms in total. The van der Waals surface area contributed by atoms with Crippen LogP contribution in [0.1, 0.15) is 26.8 Å². The van der Waals surface area contributed by atoms with Gasteiger partial charge in [-0.25, -0.2) is 0 Å². The molecule has 0 heteroatoms. The quantitative estimate of drug-likeness (QED) is 0.504. The predicted octanol–water partition coefficient (Wildman–Crippen LogP) is 4.21. The van der Waals surface area contributed by atoms with Crippen molar-refractivity contribution in [2.45, 2.75) is 28.2 Å². The maximum atomic E-state index is 3.56. The Morgan fingerprint density at radius 1 is 1.08 bits per heavy atom. The van der Waals surface area contributed by atoms with Crippen LogP contribution in [0, 0.1) is 6.92 Å². The molecule has 1 aromatic carbocycles. The van der Waals surface area contributed by atoms with Crippen LogP contribution in [-0.4, -0.2) is 0 Å². The van der Waals surface area contributed by atoms with Gasteiger partial charge in [0.1, 0.15) is 0 Å². The zero-order valence-electron chi connectivity index (χ0n) is 7.59. The zero-order valence-corrected chi connectivity index (χ0v) is 7.59. The summed E-state index contributed by atoms with van der Waals surface area (Å²) in [5.41, 5.74) is 2.49. The monoisotopic (exact) mass is 164 g/mol. The van der Waals surface area contributed by atoms with Gasteiger partial charge in [-0.3, -0.25) is 0 Å². The maximum absolute atomic E-state index is 3.56. The van der Waals surface area contributed by atoms with Gasteiger partial charge in [0, 0.05) is 0 Å². The minimum absolute atomic E-state index is 0. The summed E-state index contributed by atoms with van der Waals surface area (Å²) >= 11 is 0. The Morgan fingerprint density at radius 3 is 1.58 bits per heavy atom. The number of aryl methyl sites for hydroxylation is 1. The van der Waals surface area contributed by atoms with Crippen molar-refractivity contribution in [2.24, 2.45) is 0 Å². The Labute approximate surface area is 76.9 Å². The molecule has 1 rings (SSSR count). The van der Waals surface area contributed by atoms with E-state index in [9.17, 15) is 0 Å². The van der Waals surface area contributed by atoms with Crippen LogP contribution in [-0.2, 0) is 0 Å². The second-order valence-corrected chi connectivity index (χ2v) is 2.86. The van der Waals surface area contributed by atoms with Gasteiger partial charge in [-0.1, -0.05) is 48.9 Å². The number of rotatable bonds is 0. The first-order chi connectivity index (χ1) is 5.13. The summed E-state index contributed by atoms with van der Waals surface area (Å²) in [6.45, 7) is 9.58. The summed E-state index contributed by atoms with van der Waals surface area (Å²) in [7, 11) is 0. The molecule has 12 heavy (non-hydrogen) atoms. The fraction of sp³-hybridized carbons (Fsp3) is 0.333. The summed E-state index contributed by atoms with van der Waals surface area (Å²) < 4.78 is 0. The van der Waals surface area contributed by atoms with Crippen LogP contribution in [0.15, 0.2) is 42.5 Å². The molecule has 1 aromatic rings. The van der Waals surface area contributed by atoms with Crippen LogP contribution in [0.25, 0.3) is 0 Å². The molecule has 0 heterocycles. The van der Waals surface area contributed by atoms with Crippen LogP contribution in [0.4, 0.5) is 0 Å². The van der Waals surface area contributed by atoms with E-state index in [0.29, 0.717) is 0 Å². The lowest BCUT2D eigenvalue weighted by atomic mass is 10.2. The summed E-state index contributed by atoms with van der Waals surface area (Å²) in [6.07, 6.45) is 0. The Kier molecular flexibility index (Phi) is 9.10. The van der Waals surface area contributed by atoms with Crippen molar-refractivity contribution in [1.82, 2.24) is 0 Å². The molecular formula is C12H20. The Hall–Kier alpha value is -1.04.